The van der Waals surface area contributed by atoms with Crippen molar-refractivity contribution in [3.05, 3.63) is 30.3 Å². The summed E-state index contributed by atoms with van der Waals surface area (Å²) in [5, 5.41) is 129. The van der Waals surface area contributed by atoms with Crippen molar-refractivity contribution in [3.8, 4) is 0 Å². The average Bonchev–Trinajstić information content (AvgIpc) is 3.40. The SMILES string of the molecule is OCC1O[C@H]2OCCCCC3C(CNC(=S)NCCN(CCNC(=S)NCC4O[C@H]5OC6C(CO)O[C@@H](OCCCCC4C(O)C5O)C(O)C6O)CCNC(=S)Nc4ccccc4)O[C@@H](OC1C(O)C2O)C(O)C3O. The zero-order chi connectivity index (χ0) is 53.6. The molecule has 0 amide bonds. The lowest BCUT2D eigenvalue weighted by Gasteiger charge is -2.47. The van der Waals surface area contributed by atoms with Gasteiger partial charge in [-0.1, -0.05) is 31.0 Å². The molecule has 12 aliphatic heterocycles. The molecular formula is C47H77N7O18S3. The van der Waals surface area contributed by atoms with Crippen molar-refractivity contribution in [1.29, 1.82) is 0 Å². The van der Waals surface area contributed by atoms with E-state index in [0.717, 1.165) is 5.69 Å². The monoisotopic (exact) mass is 1120 g/mol. The fourth-order valence-corrected chi connectivity index (χ4v) is 10.8. The largest absolute Gasteiger partial charge is 0.394 e. The lowest BCUT2D eigenvalue weighted by molar-refractivity contribution is -0.355. The molecule has 0 aliphatic carbocycles. The van der Waals surface area contributed by atoms with Crippen molar-refractivity contribution < 1.29 is 89.0 Å². The molecule has 1 aromatic carbocycles. The second-order valence-corrected chi connectivity index (χ2v) is 20.8. The molecule has 75 heavy (non-hydrogen) atoms. The van der Waals surface area contributed by atoms with Gasteiger partial charge in [0, 0.05) is 83.1 Å². The maximum absolute atomic E-state index is 11.4. The predicted octanol–water partition coefficient (Wildman–Crippen LogP) is -4.62. The topological polar surface area (TPSA) is 352 Å². The number of anilines is 1. The minimum Gasteiger partial charge on any atom is -0.394 e. The molecule has 0 radical (unpaired) electrons. The highest BCUT2D eigenvalue weighted by molar-refractivity contribution is 7.80. The Hall–Kier alpha value is -2.47. The van der Waals surface area contributed by atoms with Gasteiger partial charge in [0.2, 0.25) is 0 Å². The second kappa shape index (κ2) is 29.7. The number of para-hydroxylation sites is 1. The first-order chi connectivity index (χ1) is 36.2. The number of nitrogens with one attached hydrogen (secondary N) is 6. The van der Waals surface area contributed by atoms with Gasteiger partial charge in [-0.3, -0.25) is 4.90 Å². The summed E-state index contributed by atoms with van der Waals surface area (Å²) in [6, 6.07) is 9.53. The maximum atomic E-state index is 11.4. The Kier molecular flexibility index (Phi) is 23.8. The summed E-state index contributed by atoms with van der Waals surface area (Å²) in [4.78, 5) is 2.16. The molecule has 12 heterocycles. The average molecular weight is 1120 g/mol. The van der Waals surface area contributed by atoms with Gasteiger partial charge in [0.1, 0.15) is 61.0 Å². The van der Waals surface area contributed by atoms with Gasteiger partial charge in [0.25, 0.3) is 0 Å². The second-order valence-electron chi connectivity index (χ2n) is 19.6. The van der Waals surface area contributed by atoms with Gasteiger partial charge in [0.05, 0.1) is 37.6 Å². The normalized spacial score (nSPS) is 38.5. The van der Waals surface area contributed by atoms with Gasteiger partial charge >= 0.3 is 0 Å². The summed E-state index contributed by atoms with van der Waals surface area (Å²) in [7, 11) is 0. The first-order valence-corrected chi connectivity index (χ1v) is 27.1. The van der Waals surface area contributed by atoms with Gasteiger partial charge in [-0.25, -0.2) is 0 Å². The van der Waals surface area contributed by atoms with E-state index in [1.165, 1.54) is 0 Å². The molecule has 16 N–H and O–H groups in total. The minimum absolute atomic E-state index is 0.116. The Bertz CT molecular complexity index is 1820. The van der Waals surface area contributed by atoms with Gasteiger partial charge < -0.3 is 121 Å². The molecule has 20 atom stereocenters. The van der Waals surface area contributed by atoms with Crippen LogP contribution in [-0.2, 0) is 37.9 Å². The zero-order valence-electron chi connectivity index (χ0n) is 41.6. The molecule has 426 valence electrons. The molecule has 0 aromatic heterocycles. The van der Waals surface area contributed by atoms with Crippen LogP contribution in [0, 0.1) is 11.8 Å². The van der Waals surface area contributed by atoms with Crippen LogP contribution in [0.4, 0.5) is 5.69 Å². The third-order valence-corrected chi connectivity index (χ3v) is 15.3. The number of rotatable bonds is 16. The van der Waals surface area contributed by atoms with Crippen molar-refractivity contribution in [1.82, 2.24) is 31.5 Å². The summed E-state index contributed by atoms with van der Waals surface area (Å²) < 4.78 is 47.2. The molecule has 0 spiro atoms. The highest BCUT2D eigenvalue weighted by Crippen LogP contribution is 2.36. The Morgan fingerprint density at radius 2 is 0.867 bits per heavy atom. The van der Waals surface area contributed by atoms with E-state index in [1.54, 1.807) is 0 Å². The minimum atomic E-state index is -1.56. The molecule has 8 bridgehead atoms. The zero-order valence-corrected chi connectivity index (χ0v) is 44.0. The van der Waals surface area contributed by atoms with Crippen molar-refractivity contribution in [2.24, 2.45) is 11.8 Å². The van der Waals surface area contributed by atoms with E-state index in [1.807, 2.05) is 30.3 Å². The summed E-state index contributed by atoms with van der Waals surface area (Å²) in [6.07, 6.45) is -20.2. The Labute approximate surface area is 451 Å². The van der Waals surface area contributed by atoms with Crippen LogP contribution in [-0.4, -0.2) is 261 Å². The molecule has 12 saturated heterocycles. The van der Waals surface area contributed by atoms with Crippen LogP contribution >= 0.6 is 36.7 Å². The van der Waals surface area contributed by atoms with Crippen LogP contribution in [0.25, 0.3) is 0 Å². The lowest BCUT2D eigenvalue weighted by Crippen LogP contribution is -2.64. The number of thiocarbonyl (C=S) groups is 3. The third-order valence-electron chi connectivity index (χ3n) is 14.5. The van der Waals surface area contributed by atoms with Crippen LogP contribution in [0.3, 0.4) is 0 Å². The highest BCUT2D eigenvalue weighted by atomic mass is 32.1. The van der Waals surface area contributed by atoms with Gasteiger partial charge in [-0.15, -0.1) is 0 Å². The predicted molar refractivity (Wildman–Crippen MR) is 278 cm³/mol. The number of aliphatic hydroxyl groups excluding tert-OH is 10. The van der Waals surface area contributed by atoms with Gasteiger partial charge in [-0.2, -0.15) is 0 Å². The van der Waals surface area contributed by atoms with Crippen LogP contribution in [0.15, 0.2) is 30.3 Å². The van der Waals surface area contributed by atoms with Crippen molar-refractivity contribution in [3.63, 3.8) is 0 Å². The standard InChI is InChI=1S/C47H77N7O18S3/c55-22-29-39-33(59)37(63)41(69-29)65-18-6-4-10-25-27(67-43(71-39)35(61)31(25)57)20-51-45(73)48-12-15-54(17-14-50-47(75)53-24-8-2-1-3-9-24)16-13-49-46(74)52-21-28-26-11-5-7-19-66-42-38(64)34(60)40(30(23-56)70-42)72-44(68-28)36(62)32(26)58/h1-3,8-9,25-44,55-64H,4-7,10-23H2,(H2,48,51,73)(H2,49,52,74)(H2,50,53,75)/t25?,26?,27?,28?,29?,30?,31?,32?,33?,34?,35?,36?,37?,38?,39?,40?,41-,42-,43+,44+/m1/s1. The number of aliphatic hydroxyl groups is 10. The number of benzene rings is 1. The van der Waals surface area contributed by atoms with Crippen LogP contribution < -0.4 is 31.9 Å². The van der Waals surface area contributed by atoms with Crippen LogP contribution in [0.5, 0.6) is 0 Å². The summed E-state index contributed by atoms with van der Waals surface area (Å²) in [5.41, 5.74) is 0.842. The smallest absolute Gasteiger partial charge is 0.186 e. The molecule has 1 aromatic rings. The number of hydrogen-bond donors (Lipinski definition) is 16. The molecule has 25 nitrogen and oxygen atoms in total. The van der Waals surface area contributed by atoms with E-state index >= 15 is 0 Å². The van der Waals surface area contributed by atoms with E-state index in [0.29, 0.717) is 93.1 Å². The number of hydrogen-bond acceptors (Lipinski definition) is 22. The fourth-order valence-electron chi connectivity index (χ4n) is 10.2. The molecule has 12 fully saturated rings. The van der Waals surface area contributed by atoms with E-state index in [9.17, 15) is 51.1 Å². The van der Waals surface area contributed by atoms with E-state index in [-0.39, 0.29) is 26.3 Å². The van der Waals surface area contributed by atoms with E-state index in [4.69, 9.17) is 74.5 Å². The first-order valence-electron chi connectivity index (χ1n) is 25.8. The van der Waals surface area contributed by atoms with Crippen molar-refractivity contribution in [2.45, 2.75) is 149 Å². The van der Waals surface area contributed by atoms with Crippen molar-refractivity contribution in [2.75, 3.05) is 84.1 Å². The Morgan fingerprint density at radius 1 is 0.467 bits per heavy atom. The number of nitrogens with zero attached hydrogens (tertiary/aromatic N) is 1. The van der Waals surface area contributed by atoms with E-state index < -0.39 is 136 Å². The quantitative estimate of drug-likeness (QED) is 0.0693. The van der Waals surface area contributed by atoms with Crippen molar-refractivity contribution >= 4 is 57.7 Å². The van der Waals surface area contributed by atoms with Crippen LogP contribution in [0.1, 0.15) is 38.5 Å². The van der Waals surface area contributed by atoms with Gasteiger partial charge in [0.15, 0.2) is 40.5 Å². The molecular weight excluding hydrogens is 1050 g/mol. The van der Waals surface area contributed by atoms with E-state index in [2.05, 4.69) is 36.8 Å². The maximum Gasteiger partial charge on any atom is 0.186 e. The molecule has 0 saturated carbocycles. The molecule has 12 aliphatic rings. The summed E-state index contributed by atoms with van der Waals surface area (Å²) >= 11 is 16.9. The highest BCUT2D eigenvalue weighted by Gasteiger charge is 2.53. The Balaban J connectivity index is 0.919. The van der Waals surface area contributed by atoms with Gasteiger partial charge in [-0.05, 0) is 74.5 Å². The first kappa shape index (κ1) is 60.2. The summed E-state index contributed by atoms with van der Waals surface area (Å²) in [6.45, 7) is 2.28. The Morgan fingerprint density at radius 3 is 1.29 bits per heavy atom. The lowest BCUT2D eigenvalue weighted by atomic mass is 9.84. The molecule has 28 heteroatoms. The summed E-state index contributed by atoms with van der Waals surface area (Å²) in [5.74, 6) is -1.07. The third kappa shape index (κ3) is 16.3. The van der Waals surface area contributed by atoms with Crippen LogP contribution in [0.2, 0.25) is 0 Å². The fraction of sp³-hybridized carbons (Fsp3) is 0.809. The number of ether oxygens (including phenoxy) is 8. The molecule has 16 unspecified atom stereocenters. The molecule has 13 rings (SSSR count).